The van der Waals surface area contributed by atoms with Gasteiger partial charge in [0.25, 0.3) is 0 Å². The highest BCUT2D eigenvalue weighted by molar-refractivity contribution is 7.89. The molecule has 0 amide bonds. The summed E-state index contributed by atoms with van der Waals surface area (Å²) in [7, 11) is -3.44. The summed E-state index contributed by atoms with van der Waals surface area (Å²) in [5.41, 5.74) is 0.818. The first kappa shape index (κ1) is 13.8. The summed E-state index contributed by atoms with van der Waals surface area (Å²) >= 11 is 5.66. The lowest BCUT2D eigenvalue weighted by Gasteiger charge is -2.37. The highest BCUT2D eigenvalue weighted by atomic mass is 35.5. The number of ether oxygens (including phenoxy) is 1. The second kappa shape index (κ2) is 5.17. The highest BCUT2D eigenvalue weighted by Gasteiger charge is 2.34. The Morgan fingerprint density at radius 3 is 2.39 bits per heavy atom. The van der Waals surface area contributed by atoms with Crippen LogP contribution in [0.4, 0.5) is 0 Å². The zero-order chi connectivity index (χ0) is 13.2. The maximum absolute atomic E-state index is 12.0. The summed E-state index contributed by atoms with van der Waals surface area (Å²) in [5.74, 6) is 0.378. The minimum atomic E-state index is -3.44. The largest absolute Gasteiger partial charge is 0.380 e. The molecule has 0 unspecified atom stereocenters. The van der Waals surface area contributed by atoms with Crippen molar-refractivity contribution < 1.29 is 13.2 Å². The van der Waals surface area contributed by atoms with Crippen LogP contribution in [0.1, 0.15) is 12.5 Å². The molecule has 1 fully saturated rings. The molecule has 2 rings (SSSR count). The van der Waals surface area contributed by atoms with Gasteiger partial charge in [-0.25, -0.2) is 13.1 Å². The number of hydrogen-bond donors (Lipinski definition) is 1. The van der Waals surface area contributed by atoms with Gasteiger partial charge in [-0.05, 0) is 17.7 Å². The molecular formula is C12H16ClNO3S. The normalized spacial score (nSPS) is 18.3. The Morgan fingerprint density at radius 1 is 1.33 bits per heavy atom. The van der Waals surface area contributed by atoms with Crippen LogP contribution in [0.15, 0.2) is 29.2 Å². The van der Waals surface area contributed by atoms with Crippen LogP contribution in [0.5, 0.6) is 0 Å². The fourth-order valence-corrected chi connectivity index (χ4v) is 3.04. The fourth-order valence-electron chi connectivity index (χ4n) is 1.66. The maximum Gasteiger partial charge on any atom is 0.240 e. The van der Waals surface area contributed by atoms with E-state index < -0.39 is 10.0 Å². The van der Waals surface area contributed by atoms with E-state index in [4.69, 9.17) is 16.3 Å². The van der Waals surface area contributed by atoms with E-state index in [1.54, 1.807) is 24.3 Å². The van der Waals surface area contributed by atoms with Crippen LogP contribution in [0, 0.1) is 5.41 Å². The molecule has 0 aromatic heterocycles. The molecule has 1 aromatic rings. The lowest BCUT2D eigenvalue weighted by molar-refractivity contribution is -0.0965. The molecule has 0 bridgehead atoms. The molecule has 0 saturated carbocycles. The van der Waals surface area contributed by atoms with Crippen molar-refractivity contribution in [3.63, 3.8) is 0 Å². The SMILES string of the molecule is CC1(CNS(=O)(=O)c2ccc(CCl)cc2)COC1. The molecule has 6 heteroatoms. The molecule has 100 valence electrons. The lowest BCUT2D eigenvalue weighted by atomic mass is 9.89. The van der Waals surface area contributed by atoms with Crippen molar-refractivity contribution in [1.29, 1.82) is 0 Å². The number of rotatable bonds is 5. The Morgan fingerprint density at radius 2 is 1.94 bits per heavy atom. The Hall–Kier alpha value is -0.620. The van der Waals surface area contributed by atoms with Crippen LogP contribution in [0.3, 0.4) is 0 Å². The summed E-state index contributed by atoms with van der Waals surface area (Å²) in [6, 6.07) is 6.57. The van der Waals surface area contributed by atoms with E-state index in [9.17, 15) is 8.42 Å². The van der Waals surface area contributed by atoms with Crippen LogP contribution in [-0.4, -0.2) is 28.2 Å². The van der Waals surface area contributed by atoms with E-state index in [-0.39, 0.29) is 10.3 Å². The molecule has 4 nitrogen and oxygen atoms in total. The van der Waals surface area contributed by atoms with Gasteiger partial charge >= 0.3 is 0 Å². The van der Waals surface area contributed by atoms with E-state index in [0.29, 0.717) is 25.6 Å². The Bertz CT molecular complexity index is 509. The average Bonchev–Trinajstić information content (AvgIpc) is 2.34. The number of alkyl halides is 1. The molecule has 0 spiro atoms. The van der Waals surface area contributed by atoms with Crippen molar-refractivity contribution >= 4 is 21.6 Å². The number of hydrogen-bond acceptors (Lipinski definition) is 3. The zero-order valence-corrected chi connectivity index (χ0v) is 11.7. The van der Waals surface area contributed by atoms with E-state index >= 15 is 0 Å². The van der Waals surface area contributed by atoms with Crippen LogP contribution in [0.25, 0.3) is 0 Å². The van der Waals surface area contributed by atoms with Crippen molar-refractivity contribution in [2.75, 3.05) is 19.8 Å². The topological polar surface area (TPSA) is 55.4 Å². The first-order valence-corrected chi connectivity index (χ1v) is 7.69. The number of halogens is 1. The third-order valence-corrected chi connectivity index (χ3v) is 4.70. The van der Waals surface area contributed by atoms with E-state index in [2.05, 4.69) is 4.72 Å². The van der Waals surface area contributed by atoms with Gasteiger partial charge in [0.2, 0.25) is 10.0 Å². The summed E-state index contributed by atoms with van der Waals surface area (Å²) in [6.45, 7) is 3.59. The quantitative estimate of drug-likeness (QED) is 0.840. The van der Waals surface area contributed by atoms with Crippen molar-refractivity contribution in [2.45, 2.75) is 17.7 Å². The lowest BCUT2D eigenvalue weighted by Crippen LogP contribution is -2.48. The molecule has 1 heterocycles. The molecule has 0 aliphatic carbocycles. The third-order valence-electron chi connectivity index (χ3n) is 2.98. The van der Waals surface area contributed by atoms with Crippen LogP contribution < -0.4 is 4.72 Å². The molecule has 1 aromatic carbocycles. The minimum absolute atomic E-state index is 0.0802. The smallest absolute Gasteiger partial charge is 0.240 e. The summed E-state index contributed by atoms with van der Waals surface area (Å²) in [6.07, 6.45) is 0. The predicted molar refractivity (Wildman–Crippen MR) is 70.1 cm³/mol. The molecule has 1 N–H and O–H groups in total. The van der Waals surface area contributed by atoms with Gasteiger partial charge in [0, 0.05) is 17.8 Å². The molecular weight excluding hydrogens is 274 g/mol. The van der Waals surface area contributed by atoms with Crippen LogP contribution in [0.2, 0.25) is 0 Å². The standard InChI is InChI=1S/C12H16ClNO3S/c1-12(8-17-9-12)7-14-18(15,16)11-4-2-10(6-13)3-5-11/h2-5,14H,6-9H2,1H3. The number of sulfonamides is 1. The van der Waals surface area contributed by atoms with Gasteiger partial charge in [0.15, 0.2) is 0 Å². The van der Waals surface area contributed by atoms with Crippen LogP contribution >= 0.6 is 11.6 Å². The maximum atomic E-state index is 12.0. The second-order valence-electron chi connectivity index (χ2n) is 4.91. The number of nitrogens with one attached hydrogen (secondary N) is 1. The average molecular weight is 290 g/mol. The second-order valence-corrected chi connectivity index (χ2v) is 6.94. The highest BCUT2D eigenvalue weighted by Crippen LogP contribution is 2.25. The molecule has 1 aliphatic heterocycles. The molecule has 0 atom stereocenters. The van der Waals surface area contributed by atoms with Gasteiger partial charge in [-0.3, -0.25) is 0 Å². The van der Waals surface area contributed by atoms with E-state index in [0.717, 1.165) is 5.56 Å². The van der Waals surface area contributed by atoms with Crippen LogP contribution in [-0.2, 0) is 20.6 Å². The Labute approximate surface area is 112 Å². The molecule has 1 aliphatic rings. The molecule has 0 radical (unpaired) electrons. The van der Waals surface area contributed by atoms with Gasteiger partial charge < -0.3 is 4.74 Å². The van der Waals surface area contributed by atoms with Gasteiger partial charge in [-0.15, -0.1) is 11.6 Å². The molecule has 1 saturated heterocycles. The van der Waals surface area contributed by atoms with Crippen molar-refractivity contribution in [3.05, 3.63) is 29.8 Å². The van der Waals surface area contributed by atoms with Gasteiger partial charge in [-0.1, -0.05) is 19.1 Å². The van der Waals surface area contributed by atoms with Gasteiger partial charge in [0.1, 0.15) is 0 Å². The van der Waals surface area contributed by atoms with E-state index in [1.807, 2.05) is 6.92 Å². The predicted octanol–water partition coefficient (Wildman–Crippen LogP) is 1.74. The summed E-state index contributed by atoms with van der Waals surface area (Å²) in [4.78, 5) is 0.264. The first-order chi connectivity index (χ1) is 8.45. The fraction of sp³-hybridized carbons (Fsp3) is 0.500. The van der Waals surface area contributed by atoms with Crippen molar-refractivity contribution in [2.24, 2.45) is 5.41 Å². The summed E-state index contributed by atoms with van der Waals surface area (Å²) in [5, 5.41) is 0. The summed E-state index contributed by atoms with van der Waals surface area (Å²) < 4.78 is 31.8. The zero-order valence-electron chi connectivity index (χ0n) is 10.1. The first-order valence-electron chi connectivity index (χ1n) is 5.68. The van der Waals surface area contributed by atoms with Gasteiger partial charge in [-0.2, -0.15) is 0 Å². The monoisotopic (exact) mass is 289 g/mol. The third kappa shape index (κ3) is 3.03. The van der Waals surface area contributed by atoms with Crippen molar-refractivity contribution in [3.8, 4) is 0 Å². The van der Waals surface area contributed by atoms with Gasteiger partial charge in [0.05, 0.1) is 18.1 Å². The van der Waals surface area contributed by atoms with Crippen molar-refractivity contribution in [1.82, 2.24) is 4.72 Å². The molecule has 18 heavy (non-hydrogen) atoms. The number of benzene rings is 1. The Balaban J connectivity index is 2.05. The van der Waals surface area contributed by atoms with E-state index in [1.165, 1.54) is 0 Å². The Kier molecular flexibility index (Phi) is 3.96. The minimum Gasteiger partial charge on any atom is -0.380 e.